The number of amides is 1. The number of nitrogens with zero attached hydrogens (tertiary/aromatic N) is 1. The summed E-state index contributed by atoms with van der Waals surface area (Å²) in [7, 11) is 0. The van der Waals surface area contributed by atoms with Crippen LogP contribution in [-0.4, -0.2) is 59.5 Å². The Labute approximate surface area is 140 Å². The van der Waals surface area contributed by atoms with Crippen molar-refractivity contribution in [3.63, 3.8) is 0 Å². The minimum atomic E-state index is -0.910. The molecule has 1 saturated heterocycles. The zero-order chi connectivity index (χ0) is 17.3. The van der Waals surface area contributed by atoms with E-state index in [-0.39, 0.29) is 24.2 Å². The van der Waals surface area contributed by atoms with Gasteiger partial charge < -0.3 is 24.3 Å². The van der Waals surface area contributed by atoms with Gasteiger partial charge in [-0.15, -0.1) is 0 Å². The minimum Gasteiger partial charge on any atom is -0.451 e. The molecule has 0 radical (unpaired) electrons. The van der Waals surface area contributed by atoms with E-state index in [1.54, 1.807) is 11.0 Å². The minimum absolute atomic E-state index is 0.126. The van der Waals surface area contributed by atoms with Gasteiger partial charge in [0.25, 0.3) is 5.91 Å². The van der Waals surface area contributed by atoms with Crippen molar-refractivity contribution in [2.75, 3.05) is 26.3 Å². The van der Waals surface area contributed by atoms with E-state index < -0.39 is 12.2 Å². The van der Waals surface area contributed by atoms with Crippen molar-refractivity contribution in [3.8, 4) is 0 Å². The van der Waals surface area contributed by atoms with Gasteiger partial charge in [-0.2, -0.15) is 0 Å². The molecule has 0 spiro atoms. The van der Waals surface area contributed by atoms with Gasteiger partial charge >= 0.3 is 0 Å². The largest absolute Gasteiger partial charge is 0.451 e. The number of carbonyl (C=O) groups is 1. The van der Waals surface area contributed by atoms with Gasteiger partial charge in [-0.05, 0) is 32.0 Å². The van der Waals surface area contributed by atoms with Crippen molar-refractivity contribution in [2.45, 2.75) is 26.1 Å². The molecular formula is C18H23NO5. The number of fused-ring (bicyclic) bond motifs is 1. The van der Waals surface area contributed by atoms with Gasteiger partial charge in [0.2, 0.25) is 0 Å². The molecule has 2 heterocycles. The Morgan fingerprint density at radius 1 is 1.29 bits per heavy atom. The Hall–Kier alpha value is -1.89. The summed E-state index contributed by atoms with van der Waals surface area (Å²) in [6.45, 7) is 5.10. The van der Waals surface area contributed by atoms with Gasteiger partial charge in [0.05, 0.1) is 19.3 Å². The van der Waals surface area contributed by atoms with E-state index in [1.807, 2.05) is 32.0 Å². The summed E-state index contributed by atoms with van der Waals surface area (Å²) >= 11 is 0. The second kappa shape index (κ2) is 6.93. The third-order valence-corrected chi connectivity index (χ3v) is 4.50. The lowest BCUT2D eigenvalue weighted by molar-refractivity contribution is -0.124. The standard InChI is InChI=1S/C18H23NO5/c1-3-19(8-13-9-23-10-14(20)17(13)21)18(22)16-7-12-6-11(2)4-5-15(12)24-16/h4-7,13-14,17,20-21H,3,8-10H2,1-2H3/t13-,14-,17+/m1/s1. The van der Waals surface area contributed by atoms with Crippen molar-refractivity contribution in [1.29, 1.82) is 0 Å². The molecule has 0 aliphatic carbocycles. The number of aliphatic hydroxyl groups excluding tert-OH is 2. The van der Waals surface area contributed by atoms with Crippen LogP contribution in [0.3, 0.4) is 0 Å². The highest BCUT2D eigenvalue weighted by atomic mass is 16.5. The van der Waals surface area contributed by atoms with Gasteiger partial charge in [-0.25, -0.2) is 0 Å². The van der Waals surface area contributed by atoms with Crippen LogP contribution >= 0.6 is 0 Å². The smallest absolute Gasteiger partial charge is 0.289 e. The van der Waals surface area contributed by atoms with Gasteiger partial charge in [0.15, 0.2) is 5.76 Å². The zero-order valence-electron chi connectivity index (χ0n) is 13.9. The summed E-state index contributed by atoms with van der Waals surface area (Å²) in [6, 6.07) is 7.51. The maximum atomic E-state index is 12.7. The highest BCUT2D eigenvalue weighted by Gasteiger charge is 2.33. The van der Waals surface area contributed by atoms with Gasteiger partial charge in [-0.3, -0.25) is 4.79 Å². The van der Waals surface area contributed by atoms with E-state index >= 15 is 0 Å². The molecule has 0 bridgehead atoms. The van der Waals surface area contributed by atoms with E-state index in [1.165, 1.54) is 0 Å². The van der Waals surface area contributed by atoms with Crippen molar-refractivity contribution >= 4 is 16.9 Å². The molecule has 1 fully saturated rings. The molecule has 1 aromatic carbocycles. The first kappa shape index (κ1) is 17.0. The maximum absolute atomic E-state index is 12.7. The predicted molar refractivity (Wildman–Crippen MR) is 88.9 cm³/mol. The Morgan fingerprint density at radius 2 is 2.08 bits per heavy atom. The number of hydrogen-bond acceptors (Lipinski definition) is 5. The summed E-state index contributed by atoms with van der Waals surface area (Å²) in [5.41, 5.74) is 1.78. The first-order valence-corrected chi connectivity index (χ1v) is 8.23. The molecular weight excluding hydrogens is 310 g/mol. The average molecular weight is 333 g/mol. The molecule has 1 amide bonds. The van der Waals surface area contributed by atoms with E-state index in [9.17, 15) is 15.0 Å². The third kappa shape index (κ3) is 3.31. The zero-order valence-corrected chi connectivity index (χ0v) is 13.9. The van der Waals surface area contributed by atoms with E-state index in [4.69, 9.17) is 9.15 Å². The maximum Gasteiger partial charge on any atom is 0.289 e. The number of carbonyl (C=O) groups excluding carboxylic acids is 1. The number of aliphatic hydroxyl groups is 2. The van der Waals surface area contributed by atoms with Crippen LogP contribution in [0.5, 0.6) is 0 Å². The number of rotatable bonds is 4. The van der Waals surface area contributed by atoms with Crippen LogP contribution in [0, 0.1) is 12.8 Å². The summed E-state index contributed by atoms with van der Waals surface area (Å²) in [6.07, 6.45) is -1.80. The van der Waals surface area contributed by atoms with Crippen molar-refractivity contribution in [2.24, 2.45) is 5.92 Å². The van der Waals surface area contributed by atoms with Gasteiger partial charge in [0, 0.05) is 24.4 Å². The topological polar surface area (TPSA) is 83.1 Å². The highest BCUT2D eigenvalue weighted by Crippen LogP contribution is 2.23. The fourth-order valence-electron chi connectivity index (χ4n) is 3.07. The first-order chi connectivity index (χ1) is 11.5. The molecule has 2 N–H and O–H groups in total. The lowest BCUT2D eigenvalue weighted by Gasteiger charge is -2.34. The quantitative estimate of drug-likeness (QED) is 0.887. The van der Waals surface area contributed by atoms with Crippen LogP contribution in [0.25, 0.3) is 11.0 Å². The monoisotopic (exact) mass is 333 g/mol. The van der Waals surface area contributed by atoms with Crippen LogP contribution in [0.1, 0.15) is 23.0 Å². The van der Waals surface area contributed by atoms with E-state index in [0.717, 1.165) is 10.9 Å². The molecule has 3 rings (SSSR count). The summed E-state index contributed by atoms with van der Waals surface area (Å²) in [4.78, 5) is 14.4. The molecule has 0 unspecified atom stereocenters. The molecule has 0 saturated carbocycles. The van der Waals surface area contributed by atoms with E-state index in [2.05, 4.69) is 0 Å². The Morgan fingerprint density at radius 3 is 2.83 bits per heavy atom. The summed E-state index contributed by atoms with van der Waals surface area (Å²) in [5, 5.41) is 20.7. The fourth-order valence-corrected chi connectivity index (χ4v) is 3.07. The Kier molecular flexibility index (Phi) is 4.89. The lowest BCUT2D eigenvalue weighted by atomic mass is 9.96. The average Bonchev–Trinajstić information content (AvgIpc) is 2.98. The Balaban J connectivity index is 1.77. The number of ether oxygens (including phenoxy) is 1. The predicted octanol–water partition coefficient (Wildman–Crippen LogP) is 1.57. The second-order valence-electron chi connectivity index (χ2n) is 6.35. The van der Waals surface area contributed by atoms with Crippen LogP contribution in [0.15, 0.2) is 28.7 Å². The van der Waals surface area contributed by atoms with Gasteiger partial charge in [-0.1, -0.05) is 11.6 Å². The molecule has 24 heavy (non-hydrogen) atoms. The van der Waals surface area contributed by atoms with Crippen LogP contribution in [0.2, 0.25) is 0 Å². The van der Waals surface area contributed by atoms with E-state index in [0.29, 0.717) is 25.3 Å². The highest BCUT2D eigenvalue weighted by molar-refractivity contribution is 5.96. The lowest BCUT2D eigenvalue weighted by Crippen LogP contribution is -2.49. The number of aryl methyl sites for hydroxylation is 1. The number of furan rings is 1. The molecule has 130 valence electrons. The van der Waals surface area contributed by atoms with Crippen LogP contribution in [0.4, 0.5) is 0 Å². The van der Waals surface area contributed by atoms with Crippen LogP contribution in [-0.2, 0) is 4.74 Å². The summed E-state index contributed by atoms with van der Waals surface area (Å²) < 4.78 is 11.0. The normalized spacial score (nSPS) is 24.2. The first-order valence-electron chi connectivity index (χ1n) is 8.23. The molecule has 1 aliphatic heterocycles. The fraction of sp³-hybridized carbons (Fsp3) is 0.500. The Bertz CT molecular complexity index is 725. The second-order valence-corrected chi connectivity index (χ2v) is 6.35. The number of benzene rings is 1. The third-order valence-electron chi connectivity index (χ3n) is 4.50. The molecule has 6 heteroatoms. The molecule has 1 aliphatic rings. The molecule has 1 aromatic heterocycles. The van der Waals surface area contributed by atoms with Crippen LogP contribution < -0.4 is 0 Å². The molecule has 2 aromatic rings. The van der Waals surface area contributed by atoms with Crippen molar-refractivity contribution in [3.05, 3.63) is 35.6 Å². The SMILES string of the molecule is CCN(C[C@@H]1COC[C@@H](O)[C@H]1O)C(=O)c1cc2cc(C)ccc2o1. The summed E-state index contributed by atoms with van der Waals surface area (Å²) in [5.74, 6) is -0.257. The van der Waals surface area contributed by atoms with Crippen molar-refractivity contribution < 1.29 is 24.2 Å². The molecule has 3 atom stereocenters. The van der Waals surface area contributed by atoms with Crippen molar-refractivity contribution in [1.82, 2.24) is 4.90 Å². The molecule has 6 nitrogen and oxygen atoms in total. The number of hydrogen-bond donors (Lipinski definition) is 2. The van der Waals surface area contributed by atoms with Gasteiger partial charge in [0.1, 0.15) is 11.7 Å².